The monoisotopic (exact) mass is 361 g/mol. The highest BCUT2D eigenvalue weighted by Gasteiger charge is 2.51. The topological polar surface area (TPSA) is 44.4 Å². The lowest BCUT2D eigenvalue weighted by molar-refractivity contribution is -0.127. The van der Waals surface area contributed by atoms with Crippen molar-refractivity contribution in [3.8, 4) is 0 Å². The number of nitrogens with zero attached hydrogens (tertiary/aromatic N) is 1. The molecule has 1 aromatic carbocycles. The minimum Gasteiger partial charge on any atom is -0.324 e. The molecule has 26 heavy (non-hydrogen) atoms. The maximum absolute atomic E-state index is 13.7. The van der Waals surface area contributed by atoms with E-state index in [1.165, 1.54) is 29.3 Å². The van der Waals surface area contributed by atoms with E-state index in [4.69, 9.17) is 0 Å². The van der Waals surface area contributed by atoms with E-state index in [2.05, 4.69) is 30.7 Å². The molecule has 0 aromatic heterocycles. The molecule has 1 aliphatic heterocycles. The third-order valence-corrected chi connectivity index (χ3v) is 6.29. The quantitative estimate of drug-likeness (QED) is 0.856. The van der Waals surface area contributed by atoms with Gasteiger partial charge >= 0.3 is 0 Å². The summed E-state index contributed by atoms with van der Waals surface area (Å²) in [6.45, 7) is 4.49. The Morgan fingerprint density at radius 3 is 2.65 bits per heavy atom. The van der Waals surface area contributed by atoms with Crippen molar-refractivity contribution in [2.75, 3.05) is 12.4 Å². The summed E-state index contributed by atoms with van der Waals surface area (Å²) in [5.74, 6) is 1.34. The second kappa shape index (κ2) is 6.05. The van der Waals surface area contributed by atoms with Crippen LogP contribution in [-0.2, 0) is 4.79 Å². The van der Waals surface area contributed by atoms with Gasteiger partial charge in [-0.05, 0) is 59.8 Å². The fourth-order valence-corrected chi connectivity index (χ4v) is 5.25. The lowest BCUT2D eigenvalue weighted by Gasteiger charge is -2.29. The molecule has 0 spiro atoms. The Kier molecular flexibility index (Phi) is 4.06. The summed E-state index contributed by atoms with van der Waals surface area (Å²) < 4.78 is 27.4. The summed E-state index contributed by atoms with van der Waals surface area (Å²) in [5.41, 5.74) is 3.69. The second-order valence-electron chi connectivity index (χ2n) is 8.08. The predicted molar refractivity (Wildman–Crippen MR) is 96.9 cm³/mol. The van der Waals surface area contributed by atoms with Crippen molar-refractivity contribution in [2.45, 2.75) is 50.5 Å². The number of carbonyl (C=O) groups excluding carboxylic acids is 1. The van der Waals surface area contributed by atoms with Crippen LogP contribution in [0.4, 0.5) is 14.5 Å². The molecule has 1 aromatic rings. The Hall–Kier alpha value is -1.95. The number of halogens is 2. The first-order chi connectivity index (χ1) is 12.3. The molecule has 1 amide bonds. The van der Waals surface area contributed by atoms with Gasteiger partial charge in [-0.25, -0.2) is 14.2 Å². The first-order valence-corrected chi connectivity index (χ1v) is 9.27. The van der Waals surface area contributed by atoms with Gasteiger partial charge in [0.15, 0.2) is 5.54 Å². The fraction of sp³-hybridized carbons (Fsp3) is 0.550. The molecule has 2 bridgehead atoms. The molecule has 1 fully saturated rings. The Morgan fingerprint density at radius 1 is 1.31 bits per heavy atom. The molecule has 4 nitrogen and oxygen atoms in total. The van der Waals surface area contributed by atoms with E-state index in [0.717, 1.165) is 12.0 Å². The average molecular weight is 361 g/mol. The number of anilines is 1. The van der Waals surface area contributed by atoms with Crippen LogP contribution in [0.1, 0.15) is 49.7 Å². The summed E-state index contributed by atoms with van der Waals surface area (Å²) in [4.78, 5) is 12.8. The third kappa shape index (κ3) is 2.38. The SMILES string of the molecule is CC(C)[C@H]1C2CCC1c1c(NC(=O)C3(C(F)F)C=CN(C)N3)cccc12. The number of alkyl halides is 2. The molecular weight excluding hydrogens is 336 g/mol. The van der Waals surface area contributed by atoms with E-state index in [1.807, 2.05) is 12.1 Å². The number of benzene rings is 1. The van der Waals surface area contributed by atoms with E-state index in [9.17, 15) is 13.6 Å². The molecule has 1 saturated carbocycles. The van der Waals surface area contributed by atoms with Gasteiger partial charge in [0.2, 0.25) is 0 Å². The number of hydrogen-bond acceptors (Lipinski definition) is 3. The van der Waals surface area contributed by atoms with E-state index >= 15 is 0 Å². The van der Waals surface area contributed by atoms with Crippen LogP contribution in [0.25, 0.3) is 0 Å². The molecule has 1 heterocycles. The summed E-state index contributed by atoms with van der Waals surface area (Å²) in [6.07, 6.45) is 2.12. The van der Waals surface area contributed by atoms with Gasteiger partial charge in [-0.1, -0.05) is 26.0 Å². The van der Waals surface area contributed by atoms with Gasteiger partial charge < -0.3 is 10.3 Å². The number of rotatable bonds is 4. The number of hydrogen-bond donors (Lipinski definition) is 2. The van der Waals surface area contributed by atoms with Crippen LogP contribution in [0.15, 0.2) is 30.5 Å². The second-order valence-corrected chi connectivity index (χ2v) is 8.08. The summed E-state index contributed by atoms with van der Waals surface area (Å²) >= 11 is 0. The Labute approximate surface area is 152 Å². The highest BCUT2D eigenvalue weighted by molar-refractivity contribution is 6.01. The zero-order chi connectivity index (χ0) is 18.6. The van der Waals surface area contributed by atoms with Crippen molar-refractivity contribution >= 4 is 11.6 Å². The Morgan fingerprint density at radius 2 is 2.04 bits per heavy atom. The predicted octanol–water partition coefficient (Wildman–Crippen LogP) is 3.84. The maximum atomic E-state index is 13.7. The van der Waals surface area contributed by atoms with Gasteiger partial charge in [0.25, 0.3) is 12.3 Å². The molecule has 3 aliphatic rings. The number of hydrazine groups is 1. The Balaban J connectivity index is 1.66. The van der Waals surface area contributed by atoms with Crippen LogP contribution < -0.4 is 10.7 Å². The molecule has 140 valence electrons. The molecule has 3 unspecified atom stereocenters. The van der Waals surface area contributed by atoms with Crippen molar-refractivity contribution in [3.05, 3.63) is 41.6 Å². The lowest BCUT2D eigenvalue weighted by Crippen LogP contribution is -2.58. The summed E-state index contributed by atoms with van der Waals surface area (Å²) in [7, 11) is 1.60. The van der Waals surface area contributed by atoms with E-state index in [1.54, 1.807) is 7.05 Å². The molecule has 2 aliphatic carbocycles. The molecule has 0 radical (unpaired) electrons. The number of amides is 1. The van der Waals surface area contributed by atoms with E-state index in [0.29, 0.717) is 29.4 Å². The molecule has 4 rings (SSSR count). The van der Waals surface area contributed by atoms with Crippen LogP contribution in [-0.4, -0.2) is 29.9 Å². The smallest absolute Gasteiger partial charge is 0.270 e. The van der Waals surface area contributed by atoms with Gasteiger partial charge in [-0.3, -0.25) is 4.79 Å². The van der Waals surface area contributed by atoms with E-state index < -0.39 is 17.9 Å². The van der Waals surface area contributed by atoms with Gasteiger partial charge in [0, 0.05) is 18.9 Å². The average Bonchev–Trinajstić information content (AvgIpc) is 3.27. The molecule has 2 N–H and O–H groups in total. The lowest BCUT2D eigenvalue weighted by atomic mass is 9.84. The van der Waals surface area contributed by atoms with Crippen molar-refractivity contribution in [1.82, 2.24) is 10.4 Å². The van der Waals surface area contributed by atoms with E-state index in [-0.39, 0.29) is 0 Å². The minimum atomic E-state index is -2.85. The molecule has 0 saturated heterocycles. The summed E-state index contributed by atoms with van der Waals surface area (Å²) in [6, 6.07) is 5.90. The normalized spacial score (nSPS) is 32.0. The molecule has 6 heteroatoms. The number of nitrogens with one attached hydrogen (secondary N) is 2. The standard InChI is InChI=1S/C20H25F2N3O/c1-11(2)16-13-7-8-14(16)17-12(13)5-4-6-15(17)23-19(26)20(18(21)22)9-10-25(3)24-20/h4-6,9-11,13-14,16,18,24H,7-8H2,1-3H3,(H,23,26)/t13?,14?,16-,20?/m0/s1. The van der Waals surface area contributed by atoms with Gasteiger partial charge in [-0.2, -0.15) is 0 Å². The van der Waals surface area contributed by atoms with Crippen molar-refractivity contribution in [1.29, 1.82) is 0 Å². The third-order valence-electron chi connectivity index (χ3n) is 6.29. The van der Waals surface area contributed by atoms with Gasteiger partial charge in [0.1, 0.15) is 0 Å². The van der Waals surface area contributed by atoms with Gasteiger partial charge in [0.05, 0.1) is 0 Å². The van der Waals surface area contributed by atoms with Crippen molar-refractivity contribution < 1.29 is 13.6 Å². The first-order valence-electron chi connectivity index (χ1n) is 9.27. The zero-order valence-electron chi connectivity index (χ0n) is 15.3. The van der Waals surface area contributed by atoms with Crippen LogP contribution in [0.2, 0.25) is 0 Å². The molecular formula is C20H25F2N3O. The van der Waals surface area contributed by atoms with Crippen LogP contribution >= 0.6 is 0 Å². The highest BCUT2D eigenvalue weighted by Crippen LogP contribution is 2.61. The maximum Gasteiger partial charge on any atom is 0.270 e. The van der Waals surface area contributed by atoms with Crippen LogP contribution in [0.5, 0.6) is 0 Å². The number of carbonyl (C=O) groups is 1. The summed E-state index contributed by atoms with van der Waals surface area (Å²) in [5, 5.41) is 4.20. The Bertz CT molecular complexity index is 763. The van der Waals surface area contributed by atoms with Crippen LogP contribution in [0, 0.1) is 11.8 Å². The van der Waals surface area contributed by atoms with Crippen LogP contribution in [0.3, 0.4) is 0 Å². The number of fused-ring (bicyclic) bond motifs is 5. The minimum absolute atomic E-state index is 0.406. The molecule has 4 atom stereocenters. The zero-order valence-corrected chi connectivity index (χ0v) is 15.3. The fourth-order valence-electron chi connectivity index (χ4n) is 5.25. The van der Waals surface area contributed by atoms with Gasteiger partial charge in [-0.15, -0.1) is 0 Å². The largest absolute Gasteiger partial charge is 0.324 e. The van der Waals surface area contributed by atoms with Crippen molar-refractivity contribution in [3.63, 3.8) is 0 Å². The highest BCUT2D eigenvalue weighted by atomic mass is 19.3. The first kappa shape index (κ1) is 17.5. The van der Waals surface area contributed by atoms with Crippen molar-refractivity contribution in [2.24, 2.45) is 11.8 Å².